The Morgan fingerprint density at radius 1 is 0.826 bits per heavy atom. The molecule has 0 saturated carbocycles. The summed E-state index contributed by atoms with van der Waals surface area (Å²) in [6.45, 7) is 9.23. The second-order valence-corrected chi connectivity index (χ2v) is 13.4. The van der Waals surface area contributed by atoms with E-state index in [1.165, 1.54) is 0 Å². The van der Waals surface area contributed by atoms with Crippen molar-refractivity contribution in [2.75, 3.05) is 31.1 Å². The molecular weight excluding hydrogens is 581 g/mol. The summed E-state index contributed by atoms with van der Waals surface area (Å²) < 4.78 is 33.6. The molecule has 2 aliphatic rings. The quantitative estimate of drug-likeness (QED) is 0.197. The van der Waals surface area contributed by atoms with E-state index in [0.717, 1.165) is 43.5 Å². The van der Waals surface area contributed by atoms with Gasteiger partial charge < -0.3 is 24.0 Å². The topological polar surface area (TPSA) is 64.1 Å². The van der Waals surface area contributed by atoms with Crippen LogP contribution in [0.15, 0.2) is 91.0 Å². The molecular formula is C38H42FN3O4. The Labute approximate surface area is 270 Å². The summed E-state index contributed by atoms with van der Waals surface area (Å²) in [6, 6.07) is 28.8. The molecule has 7 nitrogen and oxygen atoms in total. The minimum absolute atomic E-state index is 0.0710. The van der Waals surface area contributed by atoms with Crippen molar-refractivity contribution in [3.8, 4) is 22.9 Å². The molecule has 8 heteroatoms. The van der Waals surface area contributed by atoms with Gasteiger partial charge in [0.1, 0.15) is 24.6 Å². The third-order valence-corrected chi connectivity index (χ3v) is 8.80. The molecule has 0 N–H and O–H groups in total. The van der Waals surface area contributed by atoms with Crippen LogP contribution in [0.5, 0.6) is 11.8 Å². The molecule has 0 aliphatic carbocycles. The zero-order valence-electron chi connectivity index (χ0n) is 26.9. The van der Waals surface area contributed by atoms with E-state index in [-0.39, 0.29) is 17.3 Å². The normalized spacial score (nSPS) is 16.0. The highest BCUT2D eigenvalue weighted by Gasteiger charge is 2.42. The molecule has 240 valence electrons. The Balaban J connectivity index is 1.16. The van der Waals surface area contributed by atoms with Crippen molar-refractivity contribution >= 4 is 11.8 Å². The predicted octanol–water partition coefficient (Wildman–Crippen LogP) is 8.27. The van der Waals surface area contributed by atoms with Crippen molar-refractivity contribution in [1.82, 2.24) is 9.88 Å². The maximum absolute atomic E-state index is 15.8. The number of likely N-dealkylation sites (tertiary alicyclic amines) is 1. The minimum atomic E-state index is -0.511. The summed E-state index contributed by atoms with van der Waals surface area (Å²) in [7, 11) is 0. The monoisotopic (exact) mass is 623 g/mol. The van der Waals surface area contributed by atoms with Crippen LogP contribution >= 0.6 is 0 Å². The number of ether oxygens (including phenoxy) is 3. The molecule has 3 aromatic carbocycles. The van der Waals surface area contributed by atoms with E-state index >= 15 is 4.39 Å². The molecule has 46 heavy (non-hydrogen) atoms. The first-order valence-electron chi connectivity index (χ1n) is 16.0. The number of carbonyl (C=O) groups is 1. The number of benzene rings is 3. The summed E-state index contributed by atoms with van der Waals surface area (Å²) in [6.07, 6.45) is 2.49. The van der Waals surface area contributed by atoms with Crippen LogP contribution in [0.1, 0.15) is 51.2 Å². The molecule has 0 radical (unpaired) electrons. The van der Waals surface area contributed by atoms with E-state index in [4.69, 9.17) is 14.2 Å². The van der Waals surface area contributed by atoms with Crippen LogP contribution in [0, 0.1) is 11.2 Å². The van der Waals surface area contributed by atoms with E-state index in [2.05, 4.69) is 9.88 Å². The maximum atomic E-state index is 15.8. The molecule has 2 saturated heterocycles. The first-order chi connectivity index (χ1) is 22.2. The highest BCUT2D eigenvalue weighted by Crippen LogP contribution is 2.43. The second-order valence-electron chi connectivity index (χ2n) is 13.4. The third kappa shape index (κ3) is 7.61. The first kappa shape index (κ1) is 31.4. The standard InChI is InChI=1S/C38H42FN3O4/c1-37(2,3)46-36(43)41-21-18-38(19-22-41)20-23-42(27-38)33-16-14-30(24-32(33)39)31-15-17-34(44-25-28-10-6-4-7-11-28)40-35(31)45-26-29-12-8-5-9-13-29/h4-17,24H,18-23,25-27H2,1-3H3. The Morgan fingerprint density at radius 2 is 1.46 bits per heavy atom. The SMILES string of the molecule is CC(C)(C)OC(=O)N1CCC2(CC1)CCN(c1ccc(-c3ccc(OCc4ccccc4)nc3OCc3ccccc3)cc1F)C2. The molecule has 2 fully saturated rings. The fraction of sp³-hybridized carbons (Fsp3) is 0.368. The number of amides is 1. The average Bonchev–Trinajstić information content (AvgIpc) is 3.46. The number of pyridine rings is 1. The van der Waals surface area contributed by atoms with Gasteiger partial charge >= 0.3 is 6.09 Å². The number of aromatic nitrogens is 1. The zero-order valence-corrected chi connectivity index (χ0v) is 26.9. The summed E-state index contributed by atoms with van der Waals surface area (Å²) in [5, 5.41) is 0. The number of halogens is 1. The number of nitrogens with zero attached hydrogens (tertiary/aromatic N) is 3. The van der Waals surface area contributed by atoms with Crippen LogP contribution in [0.3, 0.4) is 0 Å². The van der Waals surface area contributed by atoms with Crippen LogP contribution < -0.4 is 14.4 Å². The molecule has 0 atom stereocenters. The van der Waals surface area contributed by atoms with Gasteiger partial charge in [0.15, 0.2) is 0 Å². The number of carbonyl (C=O) groups excluding carboxylic acids is 1. The van der Waals surface area contributed by atoms with Gasteiger partial charge in [-0.1, -0.05) is 66.7 Å². The van der Waals surface area contributed by atoms with Gasteiger partial charge in [-0.3, -0.25) is 0 Å². The van der Waals surface area contributed by atoms with Crippen LogP contribution in [-0.2, 0) is 18.0 Å². The summed E-state index contributed by atoms with van der Waals surface area (Å²) >= 11 is 0. The number of rotatable bonds is 8. The Hall–Kier alpha value is -4.59. The van der Waals surface area contributed by atoms with Gasteiger partial charge in [-0.2, -0.15) is 4.98 Å². The van der Waals surface area contributed by atoms with Crippen molar-refractivity contribution in [3.63, 3.8) is 0 Å². The molecule has 2 aliphatic heterocycles. The largest absolute Gasteiger partial charge is 0.473 e. The fourth-order valence-corrected chi connectivity index (χ4v) is 6.26. The van der Waals surface area contributed by atoms with E-state index in [9.17, 15) is 4.79 Å². The van der Waals surface area contributed by atoms with Gasteiger partial charge in [-0.05, 0) is 80.3 Å². The molecule has 3 heterocycles. The lowest BCUT2D eigenvalue weighted by atomic mass is 9.78. The van der Waals surface area contributed by atoms with Gasteiger partial charge in [0.05, 0.1) is 5.69 Å². The summed E-state index contributed by atoms with van der Waals surface area (Å²) in [4.78, 5) is 21.2. The van der Waals surface area contributed by atoms with Crippen LogP contribution in [-0.4, -0.2) is 47.8 Å². The Morgan fingerprint density at radius 3 is 2.09 bits per heavy atom. The Bertz CT molecular complexity index is 1630. The number of hydrogen-bond donors (Lipinski definition) is 0. The van der Waals surface area contributed by atoms with Crippen molar-refractivity contribution in [1.29, 1.82) is 0 Å². The summed E-state index contributed by atoms with van der Waals surface area (Å²) in [5.74, 6) is 0.547. The van der Waals surface area contributed by atoms with Crippen molar-refractivity contribution < 1.29 is 23.4 Å². The smallest absolute Gasteiger partial charge is 0.410 e. The number of anilines is 1. The fourth-order valence-electron chi connectivity index (χ4n) is 6.26. The molecule has 0 bridgehead atoms. The zero-order chi connectivity index (χ0) is 32.1. The lowest BCUT2D eigenvalue weighted by Gasteiger charge is -2.39. The van der Waals surface area contributed by atoms with Crippen LogP contribution in [0.25, 0.3) is 11.1 Å². The molecule has 6 rings (SSSR count). The molecule has 0 unspecified atom stereocenters. The van der Waals surface area contributed by atoms with Gasteiger partial charge in [-0.25, -0.2) is 9.18 Å². The van der Waals surface area contributed by atoms with Crippen LogP contribution in [0.4, 0.5) is 14.9 Å². The predicted molar refractivity (Wildman–Crippen MR) is 177 cm³/mol. The highest BCUT2D eigenvalue weighted by molar-refractivity contribution is 5.71. The van der Waals surface area contributed by atoms with Crippen LogP contribution in [0.2, 0.25) is 0 Å². The van der Waals surface area contributed by atoms with E-state index in [0.29, 0.717) is 54.9 Å². The van der Waals surface area contributed by atoms with Gasteiger partial charge in [0.2, 0.25) is 11.8 Å². The maximum Gasteiger partial charge on any atom is 0.410 e. The lowest BCUT2D eigenvalue weighted by Crippen LogP contribution is -2.46. The minimum Gasteiger partial charge on any atom is -0.473 e. The number of hydrogen-bond acceptors (Lipinski definition) is 6. The number of piperidine rings is 1. The van der Waals surface area contributed by atoms with Gasteiger partial charge in [0, 0.05) is 37.8 Å². The Kier molecular flexibility index (Phi) is 9.15. The molecule has 1 aromatic heterocycles. The van der Waals surface area contributed by atoms with Gasteiger partial charge in [-0.15, -0.1) is 0 Å². The van der Waals surface area contributed by atoms with E-state index < -0.39 is 5.60 Å². The van der Waals surface area contributed by atoms with Crippen molar-refractivity contribution in [2.45, 2.75) is 58.8 Å². The molecule has 1 spiro atoms. The third-order valence-electron chi connectivity index (χ3n) is 8.80. The van der Waals surface area contributed by atoms with E-state index in [1.807, 2.05) is 99.6 Å². The lowest BCUT2D eigenvalue weighted by molar-refractivity contribution is 0.0122. The summed E-state index contributed by atoms with van der Waals surface area (Å²) in [5.41, 5.74) is 3.58. The molecule has 1 amide bonds. The highest BCUT2D eigenvalue weighted by atomic mass is 19.1. The van der Waals surface area contributed by atoms with E-state index in [1.54, 1.807) is 17.0 Å². The van der Waals surface area contributed by atoms with Crippen molar-refractivity contribution in [2.24, 2.45) is 5.41 Å². The second kappa shape index (κ2) is 13.4. The average molecular weight is 624 g/mol. The first-order valence-corrected chi connectivity index (χ1v) is 16.0. The molecule has 4 aromatic rings. The van der Waals surface area contributed by atoms with Crippen molar-refractivity contribution in [3.05, 3.63) is 108 Å². The van der Waals surface area contributed by atoms with Gasteiger partial charge in [0.25, 0.3) is 0 Å².